The number of hydrogen-bond donors (Lipinski definition) is 0. The van der Waals surface area contributed by atoms with E-state index in [0.29, 0.717) is 4.83 Å². The van der Waals surface area contributed by atoms with Gasteiger partial charge in [-0.1, -0.05) is 46.3 Å². The molecule has 0 radical (unpaired) electrons. The SMILES string of the molecule is COc1ccccc1/C=C/C(C)Br. The van der Waals surface area contributed by atoms with Crippen molar-refractivity contribution < 1.29 is 4.74 Å². The molecular weight excluding hydrogens is 228 g/mol. The maximum atomic E-state index is 5.21. The molecule has 70 valence electrons. The predicted octanol–water partition coefficient (Wildman–Crippen LogP) is 3.49. The van der Waals surface area contributed by atoms with Gasteiger partial charge in [-0.2, -0.15) is 0 Å². The minimum Gasteiger partial charge on any atom is -0.496 e. The van der Waals surface area contributed by atoms with E-state index < -0.39 is 0 Å². The number of para-hydroxylation sites is 1. The number of alkyl halides is 1. The fraction of sp³-hybridized carbons (Fsp3) is 0.273. The summed E-state index contributed by atoms with van der Waals surface area (Å²) < 4.78 is 5.21. The smallest absolute Gasteiger partial charge is 0.126 e. The first-order chi connectivity index (χ1) is 6.24. The lowest BCUT2D eigenvalue weighted by Gasteiger charge is -2.03. The van der Waals surface area contributed by atoms with Gasteiger partial charge in [0.05, 0.1) is 7.11 Å². The Kier molecular flexibility index (Phi) is 4.03. The van der Waals surface area contributed by atoms with Crippen molar-refractivity contribution >= 4 is 22.0 Å². The molecule has 0 aliphatic heterocycles. The lowest BCUT2D eigenvalue weighted by Crippen LogP contribution is -1.86. The van der Waals surface area contributed by atoms with Gasteiger partial charge in [-0.25, -0.2) is 0 Å². The Hall–Kier alpha value is -0.760. The van der Waals surface area contributed by atoms with E-state index in [9.17, 15) is 0 Å². The third-order valence-corrected chi connectivity index (χ3v) is 1.99. The molecule has 0 saturated heterocycles. The predicted molar refractivity (Wildman–Crippen MR) is 60.4 cm³/mol. The van der Waals surface area contributed by atoms with Gasteiger partial charge in [0, 0.05) is 10.4 Å². The molecule has 0 N–H and O–H groups in total. The summed E-state index contributed by atoms with van der Waals surface area (Å²) in [5.74, 6) is 0.909. The van der Waals surface area contributed by atoms with Gasteiger partial charge in [-0.05, 0) is 13.0 Å². The first kappa shape index (κ1) is 10.3. The zero-order valence-electron chi connectivity index (χ0n) is 7.83. The van der Waals surface area contributed by atoms with Crippen LogP contribution in [0.5, 0.6) is 5.75 Å². The van der Waals surface area contributed by atoms with Gasteiger partial charge in [-0.15, -0.1) is 0 Å². The third-order valence-electron chi connectivity index (χ3n) is 1.68. The van der Waals surface area contributed by atoms with Gasteiger partial charge in [0.1, 0.15) is 5.75 Å². The summed E-state index contributed by atoms with van der Waals surface area (Å²) in [7, 11) is 1.68. The van der Waals surface area contributed by atoms with Crippen molar-refractivity contribution in [2.75, 3.05) is 7.11 Å². The molecule has 1 aromatic rings. The van der Waals surface area contributed by atoms with Crippen LogP contribution < -0.4 is 4.74 Å². The van der Waals surface area contributed by atoms with Gasteiger partial charge in [0.25, 0.3) is 0 Å². The highest BCUT2D eigenvalue weighted by molar-refractivity contribution is 9.09. The molecule has 0 aliphatic rings. The summed E-state index contributed by atoms with van der Waals surface area (Å²) in [6, 6.07) is 7.96. The summed E-state index contributed by atoms with van der Waals surface area (Å²) in [5.41, 5.74) is 1.11. The van der Waals surface area contributed by atoms with E-state index in [1.165, 1.54) is 0 Å². The molecule has 0 spiro atoms. The van der Waals surface area contributed by atoms with E-state index in [4.69, 9.17) is 4.74 Å². The van der Waals surface area contributed by atoms with Crippen molar-refractivity contribution in [2.45, 2.75) is 11.8 Å². The minimum absolute atomic E-state index is 0.386. The maximum Gasteiger partial charge on any atom is 0.126 e. The topological polar surface area (TPSA) is 9.23 Å². The summed E-state index contributed by atoms with van der Waals surface area (Å²) in [6.07, 6.45) is 4.14. The highest BCUT2D eigenvalue weighted by Crippen LogP contribution is 2.19. The van der Waals surface area contributed by atoms with Gasteiger partial charge >= 0.3 is 0 Å². The van der Waals surface area contributed by atoms with E-state index in [1.54, 1.807) is 7.11 Å². The molecule has 1 nitrogen and oxygen atoms in total. The van der Waals surface area contributed by atoms with E-state index in [2.05, 4.69) is 35.0 Å². The number of halogens is 1. The first-order valence-electron chi connectivity index (χ1n) is 4.19. The Bertz CT molecular complexity index is 292. The zero-order chi connectivity index (χ0) is 9.68. The molecule has 13 heavy (non-hydrogen) atoms. The third kappa shape index (κ3) is 3.23. The summed E-state index contributed by atoms with van der Waals surface area (Å²) >= 11 is 3.45. The molecule has 2 heteroatoms. The molecular formula is C11H13BrO. The molecule has 0 bridgehead atoms. The highest BCUT2D eigenvalue weighted by atomic mass is 79.9. The van der Waals surface area contributed by atoms with Crippen LogP contribution in [0.2, 0.25) is 0 Å². The summed E-state index contributed by atoms with van der Waals surface area (Å²) in [5, 5.41) is 0. The second kappa shape index (κ2) is 5.07. The van der Waals surface area contributed by atoms with E-state index in [-0.39, 0.29) is 0 Å². The maximum absolute atomic E-state index is 5.21. The van der Waals surface area contributed by atoms with Crippen LogP contribution in [0.15, 0.2) is 30.3 Å². The van der Waals surface area contributed by atoms with Crippen LogP contribution in [0, 0.1) is 0 Å². The number of ether oxygens (including phenoxy) is 1. The molecule has 0 aliphatic carbocycles. The Labute approximate surface area is 87.5 Å². The molecule has 0 fully saturated rings. The molecule has 0 saturated carbocycles. The quantitative estimate of drug-likeness (QED) is 0.736. The fourth-order valence-corrected chi connectivity index (χ4v) is 1.19. The van der Waals surface area contributed by atoms with Crippen LogP contribution in [0.3, 0.4) is 0 Å². The van der Waals surface area contributed by atoms with E-state index in [0.717, 1.165) is 11.3 Å². The second-order valence-corrected chi connectivity index (χ2v) is 4.22. The number of allylic oxidation sites excluding steroid dienone is 1. The van der Waals surface area contributed by atoms with Gasteiger partial charge in [0.15, 0.2) is 0 Å². The number of benzene rings is 1. The lowest BCUT2D eigenvalue weighted by molar-refractivity contribution is 0.414. The molecule has 0 amide bonds. The largest absolute Gasteiger partial charge is 0.496 e. The van der Waals surface area contributed by atoms with Crippen LogP contribution in [0.1, 0.15) is 12.5 Å². The van der Waals surface area contributed by atoms with Crippen LogP contribution in [0.4, 0.5) is 0 Å². The van der Waals surface area contributed by atoms with Crippen molar-refractivity contribution in [3.8, 4) is 5.75 Å². The Morgan fingerprint density at radius 2 is 2.08 bits per heavy atom. The van der Waals surface area contributed by atoms with Crippen molar-refractivity contribution in [1.29, 1.82) is 0 Å². The van der Waals surface area contributed by atoms with Crippen molar-refractivity contribution in [3.63, 3.8) is 0 Å². The Morgan fingerprint density at radius 1 is 1.38 bits per heavy atom. The van der Waals surface area contributed by atoms with Crippen LogP contribution >= 0.6 is 15.9 Å². The number of hydrogen-bond acceptors (Lipinski definition) is 1. The second-order valence-electron chi connectivity index (χ2n) is 2.78. The number of methoxy groups -OCH3 is 1. The van der Waals surface area contributed by atoms with Gasteiger partial charge in [0.2, 0.25) is 0 Å². The molecule has 1 aromatic carbocycles. The zero-order valence-corrected chi connectivity index (χ0v) is 9.41. The molecule has 0 aromatic heterocycles. The van der Waals surface area contributed by atoms with E-state index in [1.807, 2.05) is 24.3 Å². The standard InChI is InChI=1S/C11H13BrO/c1-9(12)7-8-10-5-3-4-6-11(10)13-2/h3-9H,1-2H3/b8-7+. The Balaban J connectivity index is 2.87. The van der Waals surface area contributed by atoms with E-state index >= 15 is 0 Å². The normalized spacial score (nSPS) is 13.2. The van der Waals surface area contributed by atoms with Gasteiger partial charge < -0.3 is 4.74 Å². The van der Waals surface area contributed by atoms with Crippen LogP contribution in [0.25, 0.3) is 6.08 Å². The van der Waals surface area contributed by atoms with Crippen molar-refractivity contribution in [3.05, 3.63) is 35.9 Å². The molecule has 1 atom stereocenters. The number of rotatable bonds is 3. The fourth-order valence-electron chi connectivity index (χ4n) is 1.04. The minimum atomic E-state index is 0.386. The average Bonchev–Trinajstić information content (AvgIpc) is 2.15. The molecule has 1 unspecified atom stereocenters. The molecule has 1 rings (SSSR count). The molecule has 0 heterocycles. The van der Waals surface area contributed by atoms with Crippen LogP contribution in [-0.2, 0) is 0 Å². The van der Waals surface area contributed by atoms with Crippen molar-refractivity contribution in [2.24, 2.45) is 0 Å². The monoisotopic (exact) mass is 240 g/mol. The van der Waals surface area contributed by atoms with Gasteiger partial charge in [-0.3, -0.25) is 0 Å². The van der Waals surface area contributed by atoms with Crippen molar-refractivity contribution in [1.82, 2.24) is 0 Å². The summed E-state index contributed by atoms with van der Waals surface area (Å²) in [6.45, 7) is 2.08. The summed E-state index contributed by atoms with van der Waals surface area (Å²) in [4.78, 5) is 0.386. The lowest BCUT2D eigenvalue weighted by atomic mass is 10.2. The van der Waals surface area contributed by atoms with Crippen LogP contribution in [-0.4, -0.2) is 11.9 Å². The Morgan fingerprint density at radius 3 is 2.69 bits per heavy atom. The average molecular weight is 241 g/mol. The first-order valence-corrected chi connectivity index (χ1v) is 5.11. The highest BCUT2D eigenvalue weighted by Gasteiger charge is 1.96.